The largest absolute Gasteiger partial charge is 0.465 e. The Labute approximate surface area is 106 Å². The SMILES string of the molecule is CCOC(=O)C1CCN(C(=O)OCC)CCC1=O. The number of ketones is 1. The van der Waals surface area contributed by atoms with E-state index in [0.717, 1.165) is 0 Å². The number of rotatable bonds is 3. The van der Waals surface area contributed by atoms with Gasteiger partial charge in [0.25, 0.3) is 0 Å². The maximum absolute atomic E-state index is 11.8. The van der Waals surface area contributed by atoms with Gasteiger partial charge in [-0.3, -0.25) is 9.59 Å². The van der Waals surface area contributed by atoms with Crippen molar-refractivity contribution in [1.82, 2.24) is 4.90 Å². The van der Waals surface area contributed by atoms with Crippen molar-refractivity contribution in [3.05, 3.63) is 0 Å². The molecule has 0 aromatic carbocycles. The summed E-state index contributed by atoms with van der Waals surface area (Å²) in [6.45, 7) is 4.61. The number of carbonyl (C=O) groups excluding carboxylic acids is 3. The van der Waals surface area contributed by atoms with E-state index in [-0.39, 0.29) is 18.8 Å². The normalized spacial score (nSPS) is 20.2. The van der Waals surface area contributed by atoms with E-state index in [0.29, 0.717) is 26.1 Å². The molecule has 1 saturated heterocycles. The van der Waals surface area contributed by atoms with Gasteiger partial charge in [-0.1, -0.05) is 0 Å². The third kappa shape index (κ3) is 3.72. The summed E-state index contributed by atoms with van der Waals surface area (Å²) < 4.78 is 9.73. The second-order valence-electron chi connectivity index (χ2n) is 4.00. The smallest absolute Gasteiger partial charge is 0.409 e. The molecule has 1 fully saturated rings. The zero-order valence-electron chi connectivity index (χ0n) is 10.8. The monoisotopic (exact) mass is 257 g/mol. The lowest BCUT2D eigenvalue weighted by Crippen LogP contribution is -2.32. The third-order valence-corrected chi connectivity index (χ3v) is 2.80. The van der Waals surface area contributed by atoms with E-state index >= 15 is 0 Å². The summed E-state index contributed by atoms with van der Waals surface area (Å²) in [5, 5.41) is 0. The molecular weight excluding hydrogens is 238 g/mol. The van der Waals surface area contributed by atoms with E-state index in [9.17, 15) is 14.4 Å². The molecule has 0 bridgehead atoms. The molecule has 0 N–H and O–H groups in total. The van der Waals surface area contributed by atoms with Gasteiger partial charge in [0.15, 0.2) is 0 Å². The number of hydrogen-bond donors (Lipinski definition) is 0. The van der Waals surface area contributed by atoms with Crippen LogP contribution in [0, 0.1) is 5.92 Å². The van der Waals surface area contributed by atoms with Gasteiger partial charge in [-0.15, -0.1) is 0 Å². The summed E-state index contributed by atoms with van der Waals surface area (Å²) in [7, 11) is 0. The molecule has 0 aliphatic carbocycles. The lowest BCUT2D eigenvalue weighted by atomic mass is 10.00. The minimum atomic E-state index is -0.746. The lowest BCUT2D eigenvalue weighted by Gasteiger charge is -2.18. The van der Waals surface area contributed by atoms with Gasteiger partial charge >= 0.3 is 12.1 Å². The summed E-state index contributed by atoms with van der Waals surface area (Å²) in [5.74, 6) is -1.40. The van der Waals surface area contributed by atoms with Gasteiger partial charge in [0.2, 0.25) is 0 Å². The van der Waals surface area contributed by atoms with Crippen molar-refractivity contribution in [2.75, 3.05) is 26.3 Å². The van der Waals surface area contributed by atoms with E-state index in [2.05, 4.69) is 0 Å². The summed E-state index contributed by atoms with van der Waals surface area (Å²) in [6.07, 6.45) is 0.0356. The fourth-order valence-corrected chi connectivity index (χ4v) is 1.87. The van der Waals surface area contributed by atoms with Crippen molar-refractivity contribution in [3.63, 3.8) is 0 Å². The highest BCUT2D eigenvalue weighted by Crippen LogP contribution is 2.16. The summed E-state index contributed by atoms with van der Waals surface area (Å²) in [5.41, 5.74) is 0. The molecule has 1 atom stereocenters. The Balaban J connectivity index is 2.60. The predicted octanol–water partition coefficient (Wildman–Crippen LogP) is 0.987. The van der Waals surface area contributed by atoms with Crippen molar-refractivity contribution in [2.24, 2.45) is 5.92 Å². The summed E-state index contributed by atoms with van der Waals surface area (Å²) in [4.78, 5) is 36.4. The maximum atomic E-state index is 11.8. The van der Waals surface area contributed by atoms with Crippen molar-refractivity contribution >= 4 is 17.8 Å². The topological polar surface area (TPSA) is 72.9 Å². The van der Waals surface area contributed by atoms with Crippen LogP contribution in [0.3, 0.4) is 0 Å². The van der Waals surface area contributed by atoms with Gasteiger partial charge in [-0.25, -0.2) is 4.79 Å². The number of ether oxygens (including phenoxy) is 2. The van der Waals surface area contributed by atoms with Crippen LogP contribution >= 0.6 is 0 Å². The van der Waals surface area contributed by atoms with Gasteiger partial charge in [-0.2, -0.15) is 0 Å². The van der Waals surface area contributed by atoms with Crippen LogP contribution < -0.4 is 0 Å². The van der Waals surface area contributed by atoms with Crippen molar-refractivity contribution in [3.8, 4) is 0 Å². The first-order valence-corrected chi connectivity index (χ1v) is 6.21. The molecule has 1 unspecified atom stereocenters. The molecule has 0 spiro atoms. The van der Waals surface area contributed by atoms with Crippen LogP contribution in [0.5, 0.6) is 0 Å². The van der Waals surface area contributed by atoms with Crippen LogP contribution in [-0.4, -0.2) is 49.0 Å². The molecule has 18 heavy (non-hydrogen) atoms. The molecule has 0 radical (unpaired) electrons. The van der Waals surface area contributed by atoms with E-state index in [1.54, 1.807) is 13.8 Å². The van der Waals surface area contributed by atoms with Crippen molar-refractivity contribution < 1.29 is 23.9 Å². The van der Waals surface area contributed by atoms with Crippen LogP contribution in [0.2, 0.25) is 0 Å². The third-order valence-electron chi connectivity index (χ3n) is 2.80. The molecule has 1 rings (SSSR count). The predicted molar refractivity (Wildman–Crippen MR) is 63.0 cm³/mol. The number of esters is 1. The van der Waals surface area contributed by atoms with Gasteiger partial charge in [0.1, 0.15) is 11.7 Å². The highest BCUT2D eigenvalue weighted by Gasteiger charge is 2.32. The minimum Gasteiger partial charge on any atom is -0.465 e. The quantitative estimate of drug-likeness (QED) is 0.557. The molecule has 102 valence electrons. The second kappa shape index (κ2) is 6.98. The van der Waals surface area contributed by atoms with Gasteiger partial charge in [0, 0.05) is 19.5 Å². The van der Waals surface area contributed by atoms with Gasteiger partial charge in [0.05, 0.1) is 13.2 Å². The van der Waals surface area contributed by atoms with E-state index in [1.807, 2.05) is 0 Å². The van der Waals surface area contributed by atoms with Crippen LogP contribution in [0.25, 0.3) is 0 Å². The fourth-order valence-electron chi connectivity index (χ4n) is 1.87. The standard InChI is InChI=1S/C12H19NO5/c1-3-17-11(15)9-5-7-13(8-6-10(9)14)12(16)18-4-2/h9H,3-8H2,1-2H3. The zero-order valence-corrected chi connectivity index (χ0v) is 10.8. The number of Topliss-reactive ketones (excluding diaryl/α,β-unsaturated/α-hetero) is 1. The van der Waals surface area contributed by atoms with E-state index in [4.69, 9.17) is 9.47 Å². The first kappa shape index (κ1) is 14.5. The Morgan fingerprint density at radius 2 is 1.89 bits per heavy atom. The number of amides is 1. The Morgan fingerprint density at radius 3 is 2.50 bits per heavy atom. The number of likely N-dealkylation sites (tertiary alicyclic amines) is 1. The molecule has 0 aromatic heterocycles. The first-order valence-electron chi connectivity index (χ1n) is 6.21. The van der Waals surface area contributed by atoms with Gasteiger partial charge < -0.3 is 14.4 Å². The lowest BCUT2D eigenvalue weighted by molar-refractivity contribution is -0.151. The first-order chi connectivity index (χ1) is 8.60. The highest BCUT2D eigenvalue weighted by atomic mass is 16.6. The Hall–Kier alpha value is -1.59. The molecule has 1 heterocycles. The molecule has 6 heteroatoms. The Morgan fingerprint density at radius 1 is 1.22 bits per heavy atom. The number of carbonyl (C=O) groups is 3. The molecular formula is C12H19NO5. The average molecular weight is 257 g/mol. The molecule has 0 saturated carbocycles. The van der Waals surface area contributed by atoms with Crippen molar-refractivity contribution in [1.29, 1.82) is 0 Å². The molecule has 1 amide bonds. The Kier molecular flexibility index (Phi) is 5.61. The fraction of sp³-hybridized carbons (Fsp3) is 0.750. The zero-order chi connectivity index (χ0) is 13.5. The van der Waals surface area contributed by atoms with Gasteiger partial charge in [-0.05, 0) is 20.3 Å². The summed E-state index contributed by atoms with van der Waals surface area (Å²) in [6, 6.07) is 0. The van der Waals surface area contributed by atoms with Crippen LogP contribution in [0.15, 0.2) is 0 Å². The summed E-state index contributed by atoms with van der Waals surface area (Å²) >= 11 is 0. The van der Waals surface area contributed by atoms with Crippen molar-refractivity contribution in [2.45, 2.75) is 26.7 Å². The number of hydrogen-bond acceptors (Lipinski definition) is 5. The maximum Gasteiger partial charge on any atom is 0.409 e. The molecule has 1 aliphatic heterocycles. The molecule has 6 nitrogen and oxygen atoms in total. The van der Waals surface area contributed by atoms with Crippen LogP contribution in [0.1, 0.15) is 26.7 Å². The minimum absolute atomic E-state index is 0.166. The van der Waals surface area contributed by atoms with Crippen LogP contribution in [-0.2, 0) is 19.1 Å². The molecule has 1 aliphatic rings. The average Bonchev–Trinajstić information content (AvgIpc) is 2.52. The van der Waals surface area contributed by atoms with E-state index in [1.165, 1.54) is 4.90 Å². The van der Waals surface area contributed by atoms with E-state index < -0.39 is 18.0 Å². The Bertz CT molecular complexity index is 328. The molecule has 0 aromatic rings. The second-order valence-corrected chi connectivity index (χ2v) is 4.00. The number of nitrogens with zero attached hydrogens (tertiary/aromatic N) is 1. The van der Waals surface area contributed by atoms with Crippen LogP contribution in [0.4, 0.5) is 4.79 Å². The highest BCUT2D eigenvalue weighted by molar-refractivity contribution is 5.99.